The van der Waals surface area contributed by atoms with Gasteiger partial charge in [-0.3, -0.25) is 0 Å². The summed E-state index contributed by atoms with van der Waals surface area (Å²) in [6.07, 6.45) is 0.626. The number of rotatable bonds is 3. The molecule has 1 aromatic carbocycles. The van der Waals surface area contributed by atoms with Crippen LogP contribution in [0.2, 0.25) is 0 Å². The van der Waals surface area contributed by atoms with Gasteiger partial charge in [0.25, 0.3) is 0 Å². The molecule has 0 saturated carbocycles. The summed E-state index contributed by atoms with van der Waals surface area (Å²) >= 11 is 0. The molecular formula is C14H16F2N2O. The number of halogens is 2. The van der Waals surface area contributed by atoms with Gasteiger partial charge in [-0.2, -0.15) is 0 Å². The van der Waals surface area contributed by atoms with Crippen molar-refractivity contribution in [2.45, 2.75) is 27.2 Å². The summed E-state index contributed by atoms with van der Waals surface area (Å²) in [6, 6.07) is 2.26. The smallest absolute Gasteiger partial charge is 0.175 e. The Labute approximate surface area is 110 Å². The number of hydrogen-bond acceptors (Lipinski definition) is 3. The average molecular weight is 266 g/mol. The van der Waals surface area contributed by atoms with Crippen molar-refractivity contribution in [1.29, 1.82) is 0 Å². The Morgan fingerprint density at radius 1 is 1.26 bits per heavy atom. The fourth-order valence-corrected chi connectivity index (χ4v) is 1.97. The number of aryl methyl sites for hydroxylation is 1. The van der Waals surface area contributed by atoms with Gasteiger partial charge in [-0.25, -0.2) is 8.78 Å². The molecule has 2 aromatic rings. The van der Waals surface area contributed by atoms with Crippen LogP contribution in [0.5, 0.6) is 0 Å². The van der Waals surface area contributed by atoms with Crippen LogP contribution in [0, 0.1) is 24.5 Å². The molecule has 0 atom stereocenters. The normalized spacial score (nSPS) is 11.3. The Bertz CT molecular complexity index is 606. The van der Waals surface area contributed by atoms with Gasteiger partial charge in [-0.1, -0.05) is 19.0 Å². The van der Waals surface area contributed by atoms with E-state index in [9.17, 15) is 8.78 Å². The van der Waals surface area contributed by atoms with E-state index in [1.54, 1.807) is 6.92 Å². The van der Waals surface area contributed by atoms with Crippen LogP contribution in [-0.4, -0.2) is 5.16 Å². The molecule has 19 heavy (non-hydrogen) atoms. The number of benzene rings is 1. The highest BCUT2D eigenvalue weighted by molar-refractivity contribution is 5.67. The largest absolute Gasteiger partial charge is 0.381 e. The van der Waals surface area contributed by atoms with Crippen molar-refractivity contribution in [2.24, 2.45) is 5.92 Å². The first-order valence-corrected chi connectivity index (χ1v) is 6.10. The lowest BCUT2D eigenvalue weighted by molar-refractivity contribution is 0.431. The lowest BCUT2D eigenvalue weighted by Gasteiger charge is -2.07. The molecule has 5 heteroatoms. The highest BCUT2D eigenvalue weighted by Gasteiger charge is 2.20. The molecule has 0 spiro atoms. The van der Waals surface area contributed by atoms with E-state index in [0.717, 1.165) is 6.07 Å². The maximum atomic E-state index is 13.9. The lowest BCUT2D eigenvalue weighted by atomic mass is 9.98. The molecule has 0 amide bonds. The lowest BCUT2D eigenvalue weighted by Crippen LogP contribution is -2.00. The van der Waals surface area contributed by atoms with E-state index in [4.69, 9.17) is 10.3 Å². The minimum absolute atomic E-state index is 0.193. The Morgan fingerprint density at radius 2 is 1.95 bits per heavy atom. The molecule has 0 aliphatic carbocycles. The summed E-state index contributed by atoms with van der Waals surface area (Å²) in [5, 5.41) is 3.68. The minimum Gasteiger partial charge on any atom is -0.381 e. The quantitative estimate of drug-likeness (QED) is 0.921. The fraction of sp³-hybridized carbons (Fsp3) is 0.357. The van der Waals surface area contributed by atoms with Crippen LogP contribution >= 0.6 is 0 Å². The van der Waals surface area contributed by atoms with Crippen LogP contribution in [0.15, 0.2) is 16.7 Å². The molecule has 102 valence electrons. The number of nitrogens with two attached hydrogens (primary N) is 1. The van der Waals surface area contributed by atoms with Crippen molar-refractivity contribution in [3.8, 4) is 11.3 Å². The Hall–Kier alpha value is -1.91. The van der Waals surface area contributed by atoms with Gasteiger partial charge in [0.1, 0.15) is 11.6 Å². The van der Waals surface area contributed by atoms with Crippen LogP contribution in [0.4, 0.5) is 14.6 Å². The SMILES string of the molecule is Cc1cc(-c2onc(N)c2CC(C)C)c(F)cc1F. The number of nitrogen functional groups attached to an aromatic ring is 1. The number of aromatic nitrogens is 1. The standard InChI is InChI=1S/C14H16F2N2O/c1-7(2)4-10-13(19-18-14(10)17)9-5-8(3)11(15)6-12(9)16/h5-7H,4H2,1-3H3,(H2,17,18). The van der Waals surface area contributed by atoms with Gasteiger partial charge < -0.3 is 10.3 Å². The summed E-state index contributed by atoms with van der Waals surface area (Å²) in [5.41, 5.74) is 6.95. The van der Waals surface area contributed by atoms with E-state index >= 15 is 0 Å². The maximum absolute atomic E-state index is 13.9. The van der Waals surface area contributed by atoms with Crippen molar-refractivity contribution in [2.75, 3.05) is 5.73 Å². The number of nitrogens with zero attached hydrogens (tertiary/aromatic N) is 1. The number of anilines is 1. The van der Waals surface area contributed by atoms with Gasteiger partial charge >= 0.3 is 0 Å². The number of hydrogen-bond donors (Lipinski definition) is 1. The molecular weight excluding hydrogens is 250 g/mol. The van der Waals surface area contributed by atoms with Crippen molar-refractivity contribution in [3.05, 3.63) is 34.9 Å². The summed E-state index contributed by atoms with van der Waals surface area (Å²) in [7, 11) is 0. The third kappa shape index (κ3) is 2.59. The van der Waals surface area contributed by atoms with E-state index in [1.807, 2.05) is 13.8 Å². The zero-order valence-corrected chi connectivity index (χ0v) is 11.1. The van der Waals surface area contributed by atoms with Crippen molar-refractivity contribution in [3.63, 3.8) is 0 Å². The molecule has 2 rings (SSSR count). The molecule has 0 saturated heterocycles. The molecule has 1 heterocycles. The van der Waals surface area contributed by atoms with E-state index < -0.39 is 11.6 Å². The maximum Gasteiger partial charge on any atom is 0.175 e. The highest BCUT2D eigenvalue weighted by atomic mass is 19.1. The summed E-state index contributed by atoms with van der Waals surface area (Å²) in [5.74, 6) is -0.398. The predicted molar refractivity (Wildman–Crippen MR) is 69.5 cm³/mol. The zero-order valence-electron chi connectivity index (χ0n) is 11.1. The van der Waals surface area contributed by atoms with Crippen LogP contribution in [-0.2, 0) is 6.42 Å². The van der Waals surface area contributed by atoms with Crippen molar-refractivity contribution in [1.82, 2.24) is 5.16 Å². The Morgan fingerprint density at radius 3 is 2.58 bits per heavy atom. The van der Waals surface area contributed by atoms with Crippen LogP contribution in [0.1, 0.15) is 25.0 Å². The zero-order chi connectivity index (χ0) is 14.2. The third-order valence-corrected chi connectivity index (χ3v) is 2.92. The van der Waals surface area contributed by atoms with Gasteiger partial charge in [-0.15, -0.1) is 0 Å². The summed E-state index contributed by atoms with van der Waals surface area (Å²) < 4.78 is 32.3. The topological polar surface area (TPSA) is 52.0 Å². The van der Waals surface area contributed by atoms with Crippen LogP contribution in [0.3, 0.4) is 0 Å². The highest BCUT2D eigenvalue weighted by Crippen LogP contribution is 2.32. The van der Waals surface area contributed by atoms with E-state index in [2.05, 4.69) is 5.16 Å². The monoisotopic (exact) mass is 266 g/mol. The van der Waals surface area contributed by atoms with E-state index in [0.29, 0.717) is 23.5 Å². The fourth-order valence-electron chi connectivity index (χ4n) is 1.97. The molecule has 3 nitrogen and oxygen atoms in total. The minimum atomic E-state index is -0.677. The van der Waals surface area contributed by atoms with Crippen LogP contribution in [0.25, 0.3) is 11.3 Å². The first kappa shape index (κ1) is 13.5. The first-order valence-electron chi connectivity index (χ1n) is 6.10. The van der Waals surface area contributed by atoms with E-state index in [-0.39, 0.29) is 17.1 Å². The van der Waals surface area contributed by atoms with E-state index in [1.165, 1.54) is 6.07 Å². The third-order valence-electron chi connectivity index (χ3n) is 2.92. The average Bonchev–Trinajstić information content (AvgIpc) is 2.65. The second kappa shape index (κ2) is 4.99. The Balaban J connectivity index is 2.56. The molecule has 0 aliphatic rings. The van der Waals surface area contributed by atoms with Gasteiger partial charge in [0.2, 0.25) is 0 Å². The van der Waals surface area contributed by atoms with Gasteiger partial charge in [0.15, 0.2) is 11.6 Å². The van der Waals surface area contributed by atoms with Crippen LogP contribution < -0.4 is 5.73 Å². The van der Waals surface area contributed by atoms with Gasteiger partial charge in [0, 0.05) is 11.6 Å². The van der Waals surface area contributed by atoms with Gasteiger partial charge in [0.05, 0.1) is 5.56 Å². The summed E-state index contributed by atoms with van der Waals surface area (Å²) in [4.78, 5) is 0. The van der Waals surface area contributed by atoms with Crippen molar-refractivity contribution < 1.29 is 13.3 Å². The first-order chi connectivity index (χ1) is 8.90. The Kier molecular flexibility index (Phi) is 3.55. The molecule has 0 unspecified atom stereocenters. The predicted octanol–water partition coefficient (Wildman–Crippen LogP) is 3.71. The van der Waals surface area contributed by atoms with Crippen molar-refractivity contribution >= 4 is 5.82 Å². The summed E-state index contributed by atoms with van der Waals surface area (Å²) in [6.45, 7) is 5.60. The van der Waals surface area contributed by atoms with Gasteiger partial charge in [-0.05, 0) is 30.9 Å². The molecule has 1 aromatic heterocycles. The second-order valence-corrected chi connectivity index (χ2v) is 5.05. The molecule has 2 N–H and O–H groups in total. The molecule has 0 bridgehead atoms. The molecule has 0 aliphatic heterocycles. The second-order valence-electron chi connectivity index (χ2n) is 5.05. The molecule has 0 fully saturated rings. The molecule has 0 radical (unpaired) electrons.